The molecule has 0 fully saturated rings. The molecule has 0 aromatic heterocycles. The molecule has 0 aromatic rings. The van der Waals surface area contributed by atoms with Crippen LogP contribution in [0.25, 0.3) is 0 Å². The molecule has 0 aromatic carbocycles. The number of carboxylic acid groups (broad SMARTS) is 1. The van der Waals surface area contributed by atoms with E-state index in [9.17, 15) is 4.79 Å². The highest BCUT2D eigenvalue weighted by molar-refractivity contribution is 5.80. The molecule has 0 radical (unpaired) electrons. The Labute approximate surface area is 86.2 Å². The van der Waals surface area contributed by atoms with Crippen molar-refractivity contribution in [2.24, 2.45) is 5.41 Å². The van der Waals surface area contributed by atoms with Gasteiger partial charge in [0.15, 0.2) is 0 Å². The van der Waals surface area contributed by atoms with Gasteiger partial charge in [0.1, 0.15) is 0 Å². The molecule has 0 heterocycles. The molecule has 0 saturated carbocycles. The van der Waals surface area contributed by atoms with Gasteiger partial charge < -0.3 is 10.4 Å². The normalized spacial score (nSPS) is 13.0. The Hall–Kier alpha value is -0.830. The first-order chi connectivity index (χ1) is 6.31. The minimum Gasteiger partial charge on any atom is -0.478 e. The molecule has 0 rings (SSSR count). The molecule has 0 amide bonds. The molecule has 2 N–H and O–H groups in total. The Morgan fingerprint density at radius 1 is 1.43 bits per heavy atom. The Morgan fingerprint density at radius 3 is 2.43 bits per heavy atom. The van der Waals surface area contributed by atoms with E-state index in [1.54, 1.807) is 0 Å². The van der Waals surface area contributed by atoms with Gasteiger partial charge in [-0.3, -0.25) is 0 Å². The Bertz CT molecular complexity index is 214. The van der Waals surface area contributed by atoms with Crippen LogP contribution in [0.2, 0.25) is 0 Å². The SMILES string of the molecule is CC(=CC(=O)O)CNCCC(C)(C)C. The number of aliphatic carboxylic acids is 1. The molecule has 0 atom stereocenters. The molecule has 3 heteroatoms. The molecular formula is C11H21NO2. The third kappa shape index (κ3) is 9.26. The molecule has 14 heavy (non-hydrogen) atoms. The zero-order chi connectivity index (χ0) is 11.2. The summed E-state index contributed by atoms with van der Waals surface area (Å²) in [7, 11) is 0. The van der Waals surface area contributed by atoms with Gasteiger partial charge in [-0.2, -0.15) is 0 Å². The van der Waals surface area contributed by atoms with Gasteiger partial charge in [0.2, 0.25) is 0 Å². The first-order valence-electron chi connectivity index (χ1n) is 4.92. The fourth-order valence-electron chi connectivity index (χ4n) is 1.01. The van der Waals surface area contributed by atoms with Crippen LogP contribution < -0.4 is 5.32 Å². The molecular weight excluding hydrogens is 178 g/mol. The largest absolute Gasteiger partial charge is 0.478 e. The maximum Gasteiger partial charge on any atom is 0.328 e. The van der Waals surface area contributed by atoms with Crippen LogP contribution in [-0.4, -0.2) is 24.2 Å². The Balaban J connectivity index is 3.60. The molecule has 3 nitrogen and oxygen atoms in total. The van der Waals surface area contributed by atoms with E-state index in [-0.39, 0.29) is 0 Å². The summed E-state index contributed by atoms with van der Waals surface area (Å²) in [5.41, 5.74) is 1.18. The van der Waals surface area contributed by atoms with Gasteiger partial charge in [-0.05, 0) is 25.3 Å². The van der Waals surface area contributed by atoms with E-state index in [0.717, 1.165) is 18.5 Å². The second-order valence-electron chi connectivity index (χ2n) is 4.82. The number of hydrogen-bond donors (Lipinski definition) is 2. The summed E-state index contributed by atoms with van der Waals surface area (Å²) in [5, 5.41) is 11.7. The zero-order valence-corrected chi connectivity index (χ0v) is 9.55. The van der Waals surface area contributed by atoms with Crippen LogP contribution in [0.15, 0.2) is 11.6 Å². The van der Waals surface area contributed by atoms with Gasteiger partial charge >= 0.3 is 5.97 Å². The highest BCUT2D eigenvalue weighted by atomic mass is 16.4. The fourth-order valence-corrected chi connectivity index (χ4v) is 1.01. The molecule has 0 unspecified atom stereocenters. The standard InChI is InChI=1S/C11H21NO2/c1-9(7-10(13)14)8-12-6-5-11(2,3)4/h7,12H,5-6,8H2,1-4H3,(H,13,14). The second-order valence-corrected chi connectivity index (χ2v) is 4.82. The predicted octanol–water partition coefficient (Wildman–Crippen LogP) is 2.04. The van der Waals surface area contributed by atoms with Crippen LogP contribution in [0.5, 0.6) is 0 Å². The summed E-state index contributed by atoms with van der Waals surface area (Å²) < 4.78 is 0. The lowest BCUT2D eigenvalue weighted by Crippen LogP contribution is -2.22. The van der Waals surface area contributed by atoms with E-state index in [1.165, 1.54) is 6.08 Å². The van der Waals surface area contributed by atoms with Crippen molar-refractivity contribution in [3.8, 4) is 0 Å². The summed E-state index contributed by atoms with van der Waals surface area (Å²) >= 11 is 0. The van der Waals surface area contributed by atoms with E-state index in [1.807, 2.05) is 6.92 Å². The van der Waals surface area contributed by atoms with Gasteiger partial charge in [0.05, 0.1) is 0 Å². The zero-order valence-electron chi connectivity index (χ0n) is 9.55. The Morgan fingerprint density at radius 2 is 2.00 bits per heavy atom. The average molecular weight is 199 g/mol. The van der Waals surface area contributed by atoms with Crippen molar-refractivity contribution in [1.29, 1.82) is 0 Å². The monoisotopic (exact) mass is 199 g/mol. The van der Waals surface area contributed by atoms with E-state index >= 15 is 0 Å². The van der Waals surface area contributed by atoms with Crippen molar-refractivity contribution >= 4 is 5.97 Å². The van der Waals surface area contributed by atoms with Gasteiger partial charge in [0.25, 0.3) is 0 Å². The minimum atomic E-state index is -0.875. The molecule has 82 valence electrons. The highest BCUT2D eigenvalue weighted by Gasteiger charge is 2.08. The minimum absolute atomic E-state index is 0.331. The number of carboxylic acids is 1. The second kappa shape index (κ2) is 5.81. The lowest BCUT2D eigenvalue weighted by Gasteiger charge is -2.18. The molecule has 0 bridgehead atoms. The van der Waals surface area contributed by atoms with Gasteiger partial charge in [-0.15, -0.1) is 0 Å². The maximum atomic E-state index is 10.3. The fraction of sp³-hybridized carbons (Fsp3) is 0.727. The van der Waals surface area contributed by atoms with Gasteiger partial charge in [-0.25, -0.2) is 4.79 Å². The van der Waals surface area contributed by atoms with Crippen molar-refractivity contribution in [2.45, 2.75) is 34.1 Å². The van der Waals surface area contributed by atoms with E-state index in [0.29, 0.717) is 12.0 Å². The van der Waals surface area contributed by atoms with Crippen LogP contribution in [0.3, 0.4) is 0 Å². The van der Waals surface area contributed by atoms with Crippen LogP contribution in [0.1, 0.15) is 34.1 Å². The topological polar surface area (TPSA) is 49.3 Å². The smallest absolute Gasteiger partial charge is 0.328 e. The average Bonchev–Trinajstić information content (AvgIpc) is 1.95. The van der Waals surface area contributed by atoms with Crippen molar-refractivity contribution in [3.05, 3.63) is 11.6 Å². The summed E-state index contributed by atoms with van der Waals surface area (Å²) in [6.45, 7) is 9.97. The van der Waals surface area contributed by atoms with Crippen molar-refractivity contribution in [3.63, 3.8) is 0 Å². The van der Waals surface area contributed by atoms with Crippen LogP contribution in [0.4, 0.5) is 0 Å². The maximum absolute atomic E-state index is 10.3. The van der Waals surface area contributed by atoms with E-state index in [4.69, 9.17) is 5.11 Å². The molecule has 0 aliphatic heterocycles. The summed E-state index contributed by atoms with van der Waals surface area (Å²) in [4.78, 5) is 10.3. The third-order valence-corrected chi connectivity index (χ3v) is 1.83. The predicted molar refractivity (Wildman–Crippen MR) is 58.3 cm³/mol. The molecule has 0 aliphatic carbocycles. The van der Waals surface area contributed by atoms with Gasteiger partial charge in [0, 0.05) is 12.6 Å². The van der Waals surface area contributed by atoms with Crippen LogP contribution in [0, 0.1) is 5.41 Å². The Kier molecular flexibility index (Phi) is 5.46. The number of carbonyl (C=O) groups is 1. The van der Waals surface area contributed by atoms with E-state index in [2.05, 4.69) is 26.1 Å². The number of hydrogen-bond acceptors (Lipinski definition) is 2. The third-order valence-electron chi connectivity index (χ3n) is 1.83. The summed E-state index contributed by atoms with van der Waals surface area (Å²) in [6.07, 6.45) is 2.33. The van der Waals surface area contributed by atoms with Crippen molar-refractivity contribution in [2.75, 3.05) is 13.1 Å². The van der Waals surface area contributed by atoms with Gasteiger partial charge in [-0.1, -0.05) is 26.3 Å². The first-order valence-corrected chi connectivity index (χ1v) is 4.92. The number of rotatable bonds is 5. The highest BCUT2D eigenvalue weighted by Crippen LogP contribution is 2.16. The molecule has 0 aliphatic rings. The van der Waals surface area contributed by atoms with Crippen molar-refractivity contribution < 1.29 is 9.90 Å². The molecule has 0 spiro atoms. The lowest BCUT2D eigenvalue weighted by molar-refractivity contribution is -0.131. The summed E-state index contributed by atoms with van der Waals surface area (Å²) in [5.74, 6) is -0.875. The lowest BCUT2D eigenvalue weighted by atomic mass is 9.92. The van der Waals surface area contributed by atoms with E-state index < -0.39 is 5.97 Å². The van der Waals surface area contributed by atoms with Crippen molar-refractivity contribution in [1.82, 2.24) is 5.32 Å². The number of nitrogens with one attached hydrogen (secondary N) is 1. The van der Waals surface area contributed by atoms with Crippen LogP contribution >= 0.6 is 0 Å². The quantitative estimate of drug-likeness (QED) is 0.526. The summed E-state index contributed by atoms with van der Waals surface area (Å²) in [6, 6.07) is 0. The first kappa shape index (κ1) is 13.2. The molecule has 0 saturated heterocycles. The van der Waals surface area contributed by atoms with Crippen LogP contribution in [-0.2, 0) is 4.79 Å².